The molecule has 0 spiro atoms. The molecule has 2 atom stereocenters. The summed E-state index contributed by atoms with van der Waals surface area (Å²) in [6.45, 7) is 1.47. The summed E-state index contributed by atoms with van der Waals surface area (Å²) in [5.74, 6) is 1.15. The lowest BCUT2D eigenvalue weighted by molar-refractivity contribution is -0.114. The molecule has 0 aliphatic carbocycles. The third-order valence-electron chi connectivity index (χ3n) is 6.28. The van der Waals surface area contributed by atoms with Crippen LogP contribution >= 0.6 is 12.2 Å². The molecule has 5 rings (SSSR count). The van der Waals surface area contributed by atoms with E-state index in [9.17, 15) is 4.79 Å². The van der Waals surface area contributed by atoms with Crippen molar-refractivity contribution in [3.8, 4) is 17.2 Å². The molecule has 0 saturated carbocycles. The first-order valence-electron chi connectivity index (χ1n) is 11.8. The molecule has 1 fully saturated rings. The van der Waals surface area contributed by atoms with Crippen LogP contribution in [0.15, 0.2) is 85.2 Å². The number of nitrogens with one attached hydrogen (secondary N) is 2. The molecule has 1 aliphatic rings. The smallest absolute Gasteiger partial charge is 0.221 e. The molecule has 37 heavy (non-hydrogen) atoms. The van der Waals surface area contributed by atoms with Crippen molar-refractivity contribution >= 4 is 34.6 Å². The molecule has 3 heterocycles. The number of hydrogen-bond acceptors (Lipinski definition) is 5. The molecule has 8 nitrogen and oxygen atoms in total. The number of amides is 1. The first kappa shape index (κ1) is 24.3. The minimum absolute atomic E-state index is 0.188. The second-order valence-corrected chi connectivity index (χ2v) is 8.95. The van der Waals surface area contributed by atoms with Crippen LogP contribution in [-0.2, 0) is 4.79 Å². The van der Waals surface area contributed by atoms with Crippen LogP contribution in [0.3, 0.4) is 0 Å². The molecule has 188 valence electrons. The van der Waals surface area contributed by atoms with Gasteiger partial charge in [-0.05, 0) is 66.8 Å². The first-order valence-corrected chi connectivity index (χ1v) is 12.2. The molecule has 0 radical (unpaired) electrons. The fraction of sp³-hybridized carbons (Fsp3) is 0.179. The summed E-state index contributed by atoms with van der Waals surface area (Å²) in [6.07, 6.45) is 3.80. The van der Waals surface area contributed by atoms with E-state index in [1.807, 2.05) is 72.9 Å². The highest BCUT2D eigenvalue weighted by molar-refractivity contribution is 7.80. The van der Waals surface area contributed by atoms with Gasteiger partial charge in [0.15, 0.2) is 5.11 Å². The highest BCUT2D eigenvalue weighted by Crippen LogP contribution is 2.43. The largest absolute Gasteiger partial charge is 0.497 e. The number of carbonyl (C=O) groups excluding carboxylic acids is 1. The van der Waals surface area contributed by atoms with Gasteiger partial charge in [0.2, 0.25) is 5.91 Å². The third kappa shape index (κ3) is 4.73. The topological polar surface area (TPSA) is 80.7 Å². The predicted octanol–water partition coefficient (Wildman–Crippen LogP) is 5.03. The first-order chi connectivity index (χ1) is 18.0. The van der Waals surface area contributed by atoms with Gasteiger partial charge in [-0.3, -0.25) is 9.78 Å². The van der Waals surface area contributed by atoms with Crippen LogP contribution in [0.4, 0.5) is 11.4 Å². The second kappa shape index (κ2) is 10.3. The van der Waals surface area contributed by atoms with Crippen LogP contribution in [0.1, 0.15) is 30.4 Å². The van der Waals surface area contributed by atoms with Gasteiger partial charge >= 0.3 is 0 Å². The maximum atomic E-state index is 11.9. The Morgan fingerprint density at radius 1 is 1.00 bits per heavy atom. The molecular weight excluding hydrogens is 486 g/mol. The number of anilines is 2. The zero-order chi connectivity index (χ0) is 25.9. The number of thiocarbonyl (C=S) groups is 1. The van der Waals surface area contributed by atoms with Crippen LogP contribution in [-0.4, -0.2) is 34.8 Å². The van der Waals surface area contributed by atoms with Crippen LogP contribution < -0.4 is 25.0 Å². The Balaban J connectivity index is 1.66. The van der Waals surface area contributed by atoms with E-state index in [-0.39, 0.29) is 18.0 Å². The summed E-state index contributed by atoms with van der Waals surface area (Å²) in [7, 11) is 3.23. The molecule has 0 bridgehead atoms. The number of methoxy groups -OCH3 is 2. The number of benzene rings is 2. The second-order valence-electron chi connectivity index (χ2n) is 8.57. The van der Waals surface area contributed by atoms with E-state index in [0.717, 1.165) is 28.5 Å². The number of pyridine rings is 1. The standard InChI is InChI=1S/C28H27N5O3S/c1-18(34)30-23-17-20(12-13-25(23)36-3)33-27(26(31-28(33)37)22-10-4-5-14-29-22)24-11-7-15-32(24)19-8-6-9-21(16-19)35-2/h4-17,26-27H,1-3H3,(H,30,34)(H,31,37). The minimum atomic E-state index is -0.248. The molecule has 1 amide bonds. The van der Waals surface area contributed by atoms with E-state index < -0.39 is 0 Å². The van der Waals surface area contributed by atoms with E-state index >= 15 is 0 Å². The molecule has 2 unspecified atom stereocenters. The maximum Gasteiger partial charge on any atom is 0.221 e. The van der Waals surface area contributed by atoms with Crippen molar-refractivity contribution in [2.24, 2.45) is 0 Å². The van der Waals surface area contributed by atoms with Crippen molar-refractivity contribution in [2.75, 3.05) is 24.4 Å². The van der Waals surface area contributed by atoms with E-state index in [2.05, 4.69) is 31.2 Å². The lowest BCUT2D eigenvalue weighted by atomic mass is 10.0. The van der Waals surface area contributed by atoms with Gasteiger partial charge in [-0.25, -0.2) is 0 Å². The van der Waals surface area contributed by atoms with Crippen molar-refractivity contribution in [3.05, 3.63) is 96.6 Å². The predicted molar refractivity (Wildman–Crippen MR) is 148 cm³/mol. The van der Waals surface area contributed by atoms with E-state index in [1.54, 1.807) is 20.4 Å². The van der Waals surface area contributed by atoms with Gasteiger partial charge < -0.3 is 29.6 Å². The Kier molecular flexibility index (Phi) is 6.78. The van der Waals surface area contributed by atoms with Crippen LogP contribution in [0.2, 0.25) is 0 Å². The van der Waals surface area contributed by atoms with Gasteiger partial charge in [-0.15, -0.1) is 0 Å². The van der Waals surface area contributed by atoms with Gasteiger partial charge in [0.1, 0.15) is 17.5 Å². The third-order valence-corrected chi connectivity index (χ3v) is 6.60. The van der Waals surface area contributed by atoms with Gasteiger partial charge in [0, 0.05) is 42.5 Å². The number of hydrogen-bond donors (Lipinski definition) is 2. The molecule has 2 N–H and O–H groups in total. The quantitative estimate of drug-likeness (QED) is 0.336. The van der Waals surface area contributed by atoms with E-state index in [4.69, 9.17) is 21.7 Å². The fourth-order valence-corrected chi connectivity index (χ4v) is 5.04. The summed E-state index contributed by atoms with van der Waals surface area (Å²) in [4.78, 5) is 18.6. The summed E-state index contributed by atoms with van der Waals surface area (Å²) < 4.78 is 13.1. The van der Waals surface area contributed by atoms with Gasteiger partial charge in [0.05, 0.1) is 31.6 Å². The van der Waals surface area contributed by atoms with Crippen LogP contribution in [0.25, 0.3) is 5.69 Å². The summed E-state index contributed by atoms with van der Waals surface area (Å²) in [6, 6.07) is 23.0. The Bertz CT molecular complexity index is 1440. The maximum absolute atomic E-state index is 11.9. The summed E-state index contributed by atoms with van der Waals surface area (Å²) in [5.41, 5.74) is 4.22. The van der Waals surface area contributed by atoms with Crippen molar-refractivity contribution in [2.45, 2.75) is 19.0 Å². The lowest BCUT2D eigenvalue weighted by Gasteiger charge is -2.29. The number of rotatable bonds is 7. The van der Waals surface area contributed by atoms with Crippen molar-refractivity contribution in [1.29, 1.82) is 0 Å². The average Bonchev–Trinajstić information content (AvgIpc) is 3.53. The Morgan fingerprint density at radius 2 is 1.86 bits per heavy atom. The normalized spacial score (nSPS) is 16.8. The van der Waals surface area contributed by atoms with Crippen molar-refractivity contribution in [3.63, 3.8) is 0 Å². The molecule has 2 aromatic heterocycles. The highest BCUT2D eigenvalue weighted by atomic mass is 32.1. The minimum Gasteiger partial charge on any atom is -0.497 e. The zero-order valence-corrected chi connectivity index (χ0v) is 21.5. The Labute approximate surface area is 220 Å². The molecule has 1 aliphatic heterocycles. The SMILES string of the molecule is COc1cccc(-n2cccc2C2C(c3ccccn3)NC(=S)N2c2ccc(OC)c(NC(C)=O)c2)c1. The molecule has 1 saturated heterocycles. The number of nitrogens with zero attached hydrogens (tertiary/aromatic N) is 3. The summed E-state index contributed by atoms with van der Waals surface area (Å²) in [5, 5.41) is 6.90. The van der Waals surface area contributed by atoms with Crippen molar-refractivity contribution < 1.29 is 14.3 Å². The zero-order valence-electron chi connectivity index (χ0n) is 20.7. The Hall–Kier alpha value is -4.37. The van der Waals surface area contributed by atoms with E-state index in [0.29, 0.717) is 16.5 Å². The molecule has 2 aromatic carbocycles. The molecule has 4 aromatic rings. The number of ether oxygens (including phenoxy) is 2. The molecular formula is C28H27N5O3S. The lowest BCUT2D eigenvalue weighted by Crippen LogP contribution is -2.30. The Morgan fingerprint density at radius 3 is 2.59 bits per heavy atom. The average molecular weight is 514 g/mol. The summed E-state index contributed by atoms with van der Waals surface area (Å²) >= 11 is 5.88. The van der Waals surface area contributed by atoms with Gasteiger partial charge in [0.25, 0.3) is 0 Å². The van der Waals surface area contributed by atoms with Gasteiger partial charge in [-0.2, -0.15) is 0 Å². The highest BCUT2D eigenvalue weighted by Gasteiger charge is 2.42. The van der Waals surface area contributed by atoms with E-state index in [1.165, 1.54) is 6.92 Å². The molecule has 9 heteroatoms. The monoisotopic (exact) mass is 513 g/mol. The van der Waals surface area contributed by atoms with Crippen LogP contribution in [0.5, 0.6) is 11.5 Å². The van der Waals surface area contributed by atoms with Gasteiger partial charge in [-0.1, -0.05) is 12.1 Å². The van der Waals surface area contributed by atoms with Crippen LogP contribution in [0, 0.1) is 0 Å². The number of aromatic nitrogens is 2. The fourth-order valence-electron chi connectivity index (χ4n) is 4.70. The number of carbonyl (C=O) groups is 1. The van der Waals surface area contributed by atoms with Crippen molar-refractivity contribution in [1.82, 2.24) is 14.9 Å².